The molecule has 0 bridgehead atoms. The van der Waals surface area contributed by atoms with E-state index in [0.717, 1.165) is 0 Å². The summed E-state index contributed by atoms with van der Waals surface area (Å²) in [5.41, 5.74) is 1.81. The van der Waals surface area contributed by atoms with Gasteiger partial charge in [0, 0.05) is 35.9 Å². The molecule has 0 saturated carbocycles. The number of pyridine rings is 1. The third-order valence-electron chi connectivity index (χ3n) is 5.37. The molecule has 1 saturated heterocycles. The molecule has 10 heteroatoms. The van der Waals surface area contributed by atoms with E-state index < -0.39 is 12.7 Å². The molecule has 172 valence electrons. The fourth-order valence-corrected chi connectivity index (χ4v) is 4.09. The summed E-state index contributed by atoms with van der Waals surface area (Å²) < 4.78 is 32.0. The molecule has 1 aromatic carbocycles. The van der Waals surface area contributed by atoms with Gasteiger partial charge < -0.3 is 24.1 Å². The monoisotopic (exact) mass is 471 g/mol. The Balaban J connectivity index is 1.57. The van der Waals surface area contributed by atoms with Crippen LogP contribution in [0, 0.1) is 11.3 Å². The molecule has 0 aliphatic carbocycles. The molecule has 4 rings (SSSR count). The molecular weight excluding hydrogens is 446 g/mol. The lowest BCUT2D eigenvalue weighted by molar-refractivity contribution is 0.0590. The number of benzene rings is 1. The number of likely N-dealkylation sites (tertiary alicyclic amines) is 1. The number of hydrogen-bond donors (Lipinski definition) is 1. The van der Waals surface area contributed by atoms with Crippen LogP contribution < -0.4 is 10.1 Å². The first kappa shape index (κ1) is 20.3. The second-order valence-electron chi connectivity index (χ2n) is 7.52. The molecule has 2 aromatic heterocycles. The number of ether oxygens (including phenoxy) is 2. The largest absolute Gasteiger partial charge is 0.493 e. The number of nitriles is 1. The fourth-order valence-electron chi connectivity index (χ4n) is 3.90. The first-order chi connectivity index (χ1) is 16.7. The maximum absolute atomic E-state index is 13.4. The lowest BCUT2D eigenvalue weighted by Crippen LogP contribution is -2.36. The van der Waals surface area contributed by atoms with Gasteiger partial charge in [-0.3, -0.25) is 9.78 Å². The van der Waals surface area contributed by atoms with E-state index in [2.05, 4.69) is 21.4 Å². The number of methoxy groups -OCH3 is 1. The van der Waals surface area contributed by atoms with Gasteiger partial charge in [0.25, 0.3) is 11.9 Å². The molecule has 1 aliphatic rings. The molecule has 1 N–H and O–H groups in total. The average molecular weight is 472 g/mol. The number of carbonyl (C=O) groups excluding carboxylic acids is 1. The Morgan fingerprint density at radius 3 is 3.06 bits per heavy atom. The van der Waals surface area contributed by atoms with Crippen molar-refractivity contribution in [3.63, 3.8) is 0 Å². The molecular formula is C23H24ClN5O4. The highest BCUT2D eigenvalue weighted by Gasteiger charge is 2.36. The fraction of sp³-hybridized carbons (Fsp3) is 0.391. The molecule has 33 heavy (non-hydrogen) atoms. The van der Waals surface area contributed by atoms with Gasteiger partial charge in [-0.2, -0.15) is 10.2 Å². The maximum Gasteiger partial charge on any atom is 0.296 e. The summed E-state index contributed by atoms with van der Waals surface area (Å²) in [6.07, 6.45) is 1.59. The Hall–Kier alpha value is -3.35. The standard InChI is InChI=1S/C23H24ClN5O4/c1-3-32-18-11-17(4-6-25)29(13-18)22(30)14-8-19-21(20(9-14)31-2)33-23(28-19)27-12-16-10-15(24)5-7-26-16/h5,7-10,17-18H,3-4,11-13H2,1-2H3,(H,27,28)/t17?,18-/m1/s1/i3D2. The zero-order chi connectivity index (χ0) is 25.2. The van der Waals surface area contributed by atoms with Crippen LogP contribution in [0.4, 0.5) is 6.01 Å². The van der Waals surface area contributed by atoms with Crippen molar-refractivity contribution < 1.29 is 21.4 Å². The molecule has 1 unspecified atom stereocenters. The predicted molar refractivity (Wildman–Crippen MR) is 122 cm³/mol. The summed E-state index contributed by atoms with van der Waals surface area (Å²) in [4.78, 5) is 23.6. The Morgan fingerprint density at radius 2 is 2.33 bits per heavy atom. The highest BCUT2D eigenvalue weighted by Crippen LogP contribution is 2.32. The van der Waals surface area contributed by atoms with Gasteiger partial charge in [-0.15, -0.1) is 0 Å². The Morgan fingerprint density at radius 1 is 1.48 bits per heavy atom. The second-order valence-corrected chi connectivity index (χ2v) is 7.95. The van der Waals surface area contributed by atoms with Gasteiger partial charge in [-0.1, -0.05) is 11.6 Å². The van der Waals surface area contributed by atoms with Crippen molar-refractivity contribution in [1.82, 2.24) is 14.9 Å². The van der Waals surface area contributed by atoms with Crippen LogP contribution in [0.3, 0.4) is 0 Å². The third-order valence-corrected chi connectivity index (χ3v) is 5.61. The summed E-state index contributed by atoms with van der Waals surface area (Å²) in [6.45, 7) is -0.0173. The highest BCUT2D eigenvalue weighted by atomic mass is 35.5. The Labute approximate surface area is 199 Å². The zero-order valence-corrected chi connectivity index (χ0v) is 18.9. The predicted octanol–water partition coefficient (Wildman–Crippen LogP) is 4.03. The lowest BCUT2D eigenvalue weighted by atomic mass is 10.1. The Kier molecular flexibility index (Phi) is 6.18. The summed E-state index contributed by atoms with van der Waals surface area (Å²) in [6, 6.07) is 8.51. The van der Waals surface area contributed by atoms with Crippen LogP contribution in [0.1, 0.15) is 38.6 Å². The van der Waals surface area contributed by atoms with Crippen LogP contribution in [0.25, 0.3) is 11.1 Å². The Bertz CT molecular complexity index is 1270. The first-order valence-corrected chi connectivity index (χ1v) is 10.7. The molecule has 0 radical (unpaired) electrons. The van der Waals surface area contributed by atoms with E-state index in [4.69, 9.17) is 28.2 Å². The normalized spacial score (nSPS) is 19.2. The van der Waals surface area contributed by atoms with E-state index >= 15 is 0 Å². The highest BCUT2D eigenvalue weighted by molar-refractivity contribution is 6.30. The number of nitrogens with zero attached hydrogens (tertiary/aromatic N) is 4. The summed E-state index contributed by atoms with van der Waals surface area (Å²) in [7, 11) is 1.47. The molecule has 2 atom stereocenters. The van der Waals surface area contributed by atoms with Crippen molar-refractivity contribution in [1.29, 1.82) is 5.26 Å². The van der Waals surface area contributed by atoms with Crippen molar-refractivity contribution in [2.24, 2.45) is 0 Å². The minimum Gasteiger partial charge on any atom is -0.493 e. The number of aromatic nitrogens is 2. The average Bonchev–Trinajstić information content (AvgIpc) is 3.39. The number of hydrogen-bond acceptors (Lipinski definition) is 8. The molecule has 1 fully saturated rings. The number of amides is 1. The van der Waals surface area contributed by atoms with Crippen molar-refractivity contribution >= 4 is 34.6 Å². The molecule has 3 aromatic rings. The van der Waals surface area contributed by atoms with Crippen LogP contribution in [0.5, 0.6) is 5.75 Å². The molecule has 0 spiro atoms. The van der Waals surface area contributed by atoms with Crippen LogP contribution in [0.15, 0.2) is 34.9 Å². The van der Waals surface area contributed by atoms with Gasteiger partial charge in [-0.05, 0) is 37.6 Å². The van der Waals surface area contributed by atoms with Crippen molar-refractivity contribution in [2.75, 3.05) is 25.5 Å². The summed E-state index contributed by atoms with van der Waals surface area (Å²) in [5, 5.41) is 12.8. The first-order valence-electron chi connectivity index (χ1n) is 11.4. The van der Waals surface area contributed by atoms with E-state index in [1.54, 1.807) is 35.4 Å². The SMILES string of the molecule is [2H]C([2H])(C)O[C@@H]1CC(CC#N)N(C(=O)c2cc(OC)c3oc(NCc4cc(Cl)ccn4)nc3c2)C1. The number of anilines is 1. The van der Waals surface area contributed by atoms with Gasteiger partial charge in [0.1, 0.15) is 5.52 Å². The van der Waals surface area contributed by atoms with Crippen molar-refractivity contribution in [2.45, 2.75) is 38.5 Å². The van der Waals surface area contributed by atoms with Crippen molar-refractivity contribution in [3.8, 4) is 11.8 Å². The van der Waals surface area contributed by atoms with Crippen LogP contribution in [-0.2, 0) is 11.3 Å². The molecule has 3 heterocycles. The van der Waals surface area contributed by atoms with E-state index in [0.29, 0.717) is 46.1 Å². The van der Waals surface area contributed by atoms with E-state index in [-0.39, 0.29) is 30.9 Å². The lowest BCUT2D eigenvalue weighted by Gasteiger charge is -2.22. The second kappa shape index (κ2) is 10.1. The van der Waals surface area contributed by atoms with Crippen LogP contribution in [-0.4, -0.2) is 53.1 Å². The number of rotatable bonds is 8. The summed E-state index contributed by atoms with van der Waals surface area (Å²) in [5.74, 6) is 0.00912. The number of nitrogens with one attached hydrogen (secondary N) is 1. The maximum atomic E-state index is 13.4. The summed E-state index contributed by atoms with van der Waals surface area (Å²) >= 11 is 6.00. The van der Waals surface area contributed by atoms with Gasteiger partial charge >= 0.3 is 0 Å². The number of carbonyl (C=O) groups is 1. The topological polar surface area (TPSA) is 114 Å². The minimum absolute atomic E-state index is 0.118. The zero-order valence-electron chi connectivity index (χ0n) is 20.2. The number of oxazole rings is 1. The third kappa shape index (κ3) is 5.02. The quantitative estimate of drug-likeness (QED) is 0.523. The van der Waals surface area contributed by atoms with E-state index in [1.165, 1.54) is 14.0 Å². The van der Waals surface area contributed by atoms with Crippen LogP contribution >= 0.6 is 11.6 Å². The molecule has 1 aliphatic heterocycles. The minimum atomic E-state index is -1.84. The number of halogens is 1. The van der Waals surface area contributed by atoms with E-state index in [9.17, 15) is 10.1 Å². The molecule has 1 amide bonds. The van der Waals surface area contributed by atoms with E-state index in [1.807, 2.05) is 0 Å². The van der Waals surface area contributed by atoms with Crippen LogP contribution in [0.2, 0.25) is 5.02 Å². The molecule has 9 nitrogen and oxygen atoms in total. The van der Waals surface area contributed by atoms with Gasteiger partial charge in [0.15, 0.2) is 11.3 Å². The smallest absolute Gasteiger partial charge is 0.296 e. The van der Waals surface area contributed by atoms with Gasteiger partial charge in [0.05, 0.1) is 40.7 Å². The van der Waals surface area contributed by atoms with Crippen molar-refractivity contribution in [3.05, 3.63) is 46.7 Å². The van der Waals surface area contributed by atoms with Gasteiger partial charge in [0.2, 0.25) is 0 Å². The van der Waals surface area contributed by atoms with Gasteiger partial charge in [-0.25, -0.2) is 0 Å². The number of fused-ring (bicyclic) bond motifs is 1.